The minimum absolute atomic E-state index is 0.00889. The summed E-state index contributed by atoms with van der Waals surface area (Å²) < 4.78 is 45.0. The van der Waals surface area contributed by atoms with Crippen molar-refractivity contribution in [3.05, 3.63) is 72.5 Å². The van der Waals surface area contributed by atoms with E-state index < -0.39 is 23.1 Å². The number of aryl methyl sites for hydroxylation is 1. The van der Waals surface area contributed by atoms with E-state index in [1.807, 2.05) is 0 Å². The van der Waals surface area contributed by atoms with E-state index in [0.29, 0.717) is 29.0 Å². The van der Waals surface area contributed by atoms with Gasteiger partial charge in [-0.1, -0.05) is 23.2 Å². The number of aromatic amines is 1. The van der Waals surface area contributed by atoms with Gasteiger partial charge in [-0.15, -0.1) is 0 Å². The highest BCUT2D eigenvalue weighted by molar-refractivity contribution is 6.37. The number of carbonyl (C=O) groups is 1. The first-order chi connectivity index (χ1) is 15.0. The number of hydrogen-bond acceptors (Lipinski definition) is 5. The van der Waals surface area contributed by atoms with Crippen molar-refractivity contribution in [1.29, 1.82) is 0 Å². The zero-order valence-corrected chi connectivity index (χ0v) is 17.2. The third kappa shape index (κ3) is 4.21. The SMILES string of the molecule is O=C1CCc2cc(Oc3c(Cl)cc(-n4nc(C(F)(F)F)c(=O)[nH]c4=O)cc3Cl)ccc2N1. The van der Waals surface area contributed by atoms with E-state index in [1.165, 1.54) is 0 Å². The number of amides is 1. The molecule has 1 aliphatic heterocycles. The molecular weight excluding hydrogens is 476 g/mol. The normalized spacial score (nSPS) is 13.5. The van der Waals surface area contributed by atoms with Gasteiger partial charge in [0.1, 0.15) is 5.75 Å². The predicted molar refractivity (Wildman–Crippen MR) is 109 cm³/mol. The number of hydrogen-bond donors (Lipinski definition) is 2. The van der Waals surface area contributed by atoms with Crippen LogP contribution in [0.25, 0.3) is 5.69 Å². The molecule has 8 nitrogen and oxygen atoms in total. The Morgan fingerprint density at radius 1 is 1.03 bits per heavy atom. The molecule has 13 heteroatoms. The lowest BCUT2D eigenvalue weighted by Crippen LogP contribution is -2.37. The summed E-state index contributed by atoms with van der Waals surface area (Å²) in [6.07, 6.45) is -4.24. The summed E-state index contributed by atoms with van der Waals surface area (Å²) in [7, 11) is 0. The van der Waals surface area contributed by atoms with Gasteiger partial charge < -0.3 is 10.1 Å². The second-order valence-corrected chi connectivity index (χ2v) is 7.54. The summed E-state index contributed by atoms with van der Waals surface area (Å²) in [5.41, 5.74) is -3.39. The molecule has 3 aromatic rings. The van der Waals surface area contributed by atoms with Crippen LogP contribution in [0.3, 0.4) is 0 Å². The molecular formula is C19H11Cl2F3N4O4. The van der Waals surface area contributed by atoms with E-state index in [-0.39, 0.29) is 27.4 Å². The average molecular weight is 487 g/mol. The van der Waals surface area contributed by atoms with Crippen LogP contribution >= 0.6 is 23.2 Å². The van der Waals surface area contributed by atoms with Crippen molar-refractivity contribution in [2.24, 2.45) is 0 Å². The molecule has 0 saturated carbocycles. The first-order valence-electron chi connectivity index (χ1n) is 8.94. The summed E-state index contributed by atoms with van der Waals surface area (Å²) in [5.74, 6) is 0.258. The van der Waals surface area contributed by atoms with Crippen LogP contribution in [0.2, 0.25) is 10.0 Å². The standard InChI is InChI=1S/C19H11Cl2F3N4O4/c20-11-6-9(28-18(31)26-17(30)16(27-28)19(22,23)24)7-12(21)15(11)32-10-2-3-13-8(5-10)1-4-14(29)25-13/h2-3,5-7H,1,4H2,(H,25,29)(H,26,30,31). The van der Waals surface area contributed by atoms with Crippen molar-refractivity contribution in [1.82, 2.24) is 14.8 Å². The molecule has 0 atom stereocenters. The van der Waals surface area contributed by atoms with Gasteiger partial charge in [0.05, 0.1) is 15.7 Å². The molecule has 0 radical (unpaired) electrons. The van der Waals surface area contributed by atoms with E-state index in [1.54, 1.807) is 23.2 Å². The second-order valence-electron chi connectivity index (χ2n) is 6.73. The fraction of sp³-hybridized carbons (Fsp3) is 0.158. The Labute approximate surface area is 186 Å². The maximum Gasteiger partial charge on any atom is 0.440 e. The van der Waals surface area contributed by atoms with E-state index in [4.69, 9.17) is 27.9 Å². The number of ether oxygens (including phenoxy) is 1. The van der Waals surface area contributed by atoms with Gasteiger partial charge in [0.15, 0.2) is 5.75 Å². The van der Waals surface area contributed by atoms with Crippen molar-refractivity contribution < 1.29 is 22.7 Å². The topological polar surface area (TPSA) is 106 Å². The quantitative estimate of drug-likeness (QED) is 0.583. The Hall–Kier alpha value is -3.31. The molecule has 1 aliphatic rings. The van der Waals surface area contributed by atoms with Gasteiger partial charge in [0, 0.05) is 12.1 Å². The van der Waals surface area contributed by atoms with Crippen molar-refractivity contribution in [2.45, 2.75) is 19.0 Å². The number of H-pyrrole nitrogens is 1. The number of benzene rings is 2. The summed E-state index contributed by atoms with van der Waals surface area (Å²) in [6, 6.07) is 7.16. The van der Waals surface area contributed by atoms with Crippen LogP contribution in [0.15, 0.2) is 39.9 Å². The van der Waals surface area contributed by atoms with Crippen LogP contribution in [0, 0.1) is 0 Å². The summed E-state index contributed by atoms with van der Waals surface area (Å²) in [4.78, 5) is 36.5. The number of anilines is 1. The van der Waals surface area contributed by atoms with Gasteiger partial charge in [-0.05, 0) is 42.3 Å². The largest absolute Gasteiger partial charge is 0.454 e. The van der Waals surface area contributed by atoms with Gasteiger partial charge in [-0.25, -0.2) is 4.79 Å². The first-order valence-corrected chi connectivity index (χ1v) is 9.69. The number of nitrogens with zero attached hydrogens (tertiary/aromatic N) is 2. The zero-order valence-electron chi connectivity index (χ0n) is 15.7. The van der Waals surface area contributed by atoms with Crippen molar-refractivity contribution in [3.63, 3.8) is 0 Å². The third-order valence-corrected chi connectivity index (χ3v) is 5.08. The van der Waals surface area contributed by atoms with Gasteiger partial charge >= 0.3 is 11.9 Å². The molecule has 2 aromatic carbocycles. The molecule has 0 fully saturated rings. The van der Waals surface area contributed by atoms with Gasteiger partial charge in [-0.2, -0.15) is 23.0 Å². The lowest BCUT2D eigenvalue weighted by Gasteiger charge is -2.18. The molecule has 0 bridgehead atoms. The second kappa shape index (κ2) is 7.99. The predicted octanol–water partition coefficient (Wildman–Crippen LogP) is 3.92. The van der Waals surface area contributed by atoms with Gasteiger partial charge in [0.2, 0.25) is 11.6 Å². The minimum Gasteiger partial charge on any atom is -0.454 e. The number of aromatic nitrogens is 3. The fourth-order valence-electron chi connectivity index (χ4n) is 3.07. The van der Waals surface area contributed by atoms with Crippen LogP contribution in [-0.2, 0) is 17.4 Å². The average Bonchev–Trinajstić information content (AvgIpc) is 2.69. The lowest BCUT2D eigenvalue weighted by atomic mass is 10.0. The maximum absolute atomic E-state index is 13.0. The number of carbonyl (C=O) groups excluding carboxylic acids is 1. The van der Waals surface area contributed by atoms with Crippen molar-refractivity contribution in [3.8, 4) is 17.2 Å². The molecule has 4 rings (SSSR count). The molecule has 0 unspecified atom stereocenters. The maximum atomic E-state index is 13.0. The van der Waals surface area contributed by atoms with E-state index >= 15 is 0 Å². The third-order valence-electron chi connectivity index (χ3n) is 4.52. The smallest absolute Gasteiger partial charge is 0.440 e. The van der Waals surface area contributed by atoms with Crippen LogP contribution in [-0.4, -0.2) is 20.7 Å². The highest BCUT2D eigenvalue weighted by Crippen LogP contribution is 2.39. The van der Waals surface area contributed by atoms with Crippen LogP contribution in [0.1, 0.15) is 17.7 Å². The van der Waals surface area contributed by atoms with Crippen LogP contribution in [0.4, 0.5) is 18.9 Å². The molecule has 2 heterocycles. The van der Waals surface area contributed by atoms with Crippen molar-refractivity contribution >= 4 is 34.8 Å². The molecule has 32 heavy (non-hydrogen) atoms. The summed E-state index contributed by atoms with van der Waals surface area (Å²) in [6.45, 7) is 0. The van der Waals surface area contributed by atoms with E-state index in [0.717, 1.165) is 17.7 Å². The van der Waals surface area contributed by atoms with Crippen molar-refractivity contribution in [2.75, 3.05) is 5.32 Å². The molecule has 0 aliphatic carbocycles. The van der Waals surface area contributed by atoms with Gasteiger partial charge in [0.25, 0.3) is 5.56 Å². The van der Waals surface area contributed by atoms with E-state index in [2.05, 4.69) is 10.4 Å². The molecule has 2 N–H and O–H groups in total. The number of fused-ring (bicyclic) bond motifs is 1. The molecule has 0 spiro atoms. The van der Waals surface area contributed by atoms with Crippen LogP contribution < -0.4 is 21.3 Å². The monoisotopic (exact) mass is 486 g/mol. The Balaban J connectivity index is 1.70. The number of nitrogens with one attached hydrogen (secondary N) is 2. The minimum atomic E-state index is -5.08. The highest BCUT2D eigenvalue weighted by Gasteiger charge is 2.37. The highest BCUT2D eigenvalue weighted by atomic mass is 35.5. The Bertz CT molecular complexity index is 1340. The Morgan fingerprint density at radius 2 is 1.72 bits per heavy atom. The first kappa shape index (κ1) is 21.9. The summed E-state index contributed by atoms with van der Waals surface area (Å²) >= 11 is 12.4. The van der Waals surface area contributed by atoms with Gasteiger partial charge in [-0.3, -0.25) is 14.6 Å². The Morgan fingerprint density at radius 3 is 2.38 bits per heavy atom. The van der Waals surface area contributed by atoms with E-state index in [9.17, 15) is 27.6 Å². The lowest BCUT2D eigenvalue weighted by molar-refractivity contribution is -0.143. The van der Waals surface area contributed by atoms with Crippen LogP contribution in [0.5, 0.6) is 11.5 Å². The summed E-state index contributed by atoms with van der Waals surface area (Å²) in [5, 5.41) is 5.60. The fourth-order valence-corrected chi connectivity index (χ4v) is 3.62. The number of rotatable bonds is 3. The number of halogens is 5. The number of alkyl halides is 3. The Kier molecular flexibility index (Phi) is 5.47. The molecule has 1 aromatic heterocycles. The molecule has 1 amide bonds. The molecule has 0 saturated heterocycles. The zero-order chi connectivity index (χ0) is 23.2. The molecule has 166 valence electrons.